The van der Waals surface area contributed by atoms with Crippen LogP contribution in [0.15, 0.2) is 41.0 Å². The number of hydrogen-bond acceptors (Lipinski definition) is 7. The summed E-state index contributed by atoms with van der Waals surface area (Å²) in [7, 11) is 0. The Labute approximate surface area is 148 Å². The van der Waals surface area contributed by atoms with Gasteiger partial charge in [-0.25, -0.2) is 0 Å². The Hall–Kier alpha value is -3.49. The molecule has 2 rings (SSSR count). The van der Waals surface area contributed by atoms with Crippen LogP contribution in [0.5, 0.6) is 0 Å². The van der Waals surface area contributed by atoms with Gasteiger partial charge in [-0.15, -0.1) is 0 Å². The predicted molar refractivity (Wildman–Crippen MR) is 88.8 cm³/mol. The first-order valence-electron chi connectivity index (χ1n) is 7.64. The highest BCUT2D eigenvalue weighted by atomic mass is 16.6. The number of esters is 1. The Kier molecular flexibility index (Phi) is 6.20. The molecule has 0 atom stereocenters. The molecular formula is C17H16N2O7. The molecule has 1 heterocycles. The van der Waals surface area contributed by atoms with E-state index in [1.165, 1.54) is 24.5 Å². The fourth-order valence-electron chi connectivity index (χ4n) is 2.05. The lowest BCUT2D eigenvalue weighted by Gasteiger charge is -2.06. The number of rotatable bonds is 8. The Morgan fingerprint density at radius 3 is 2.69 bits per heavy atom. The van der Waals surface area contributed by atoms with Crippen molar-refractivity contribution in [1.29, 1.82) is 0 Å². The van der Waals surface area contributed by atoms with Gasteiger partial charge < -0.3 is 14.5 Å². The maximum atomic E-state index is 12.0. The molecule has 0 saturated heterocycles. The maximum Gasteiger partial charge on any atom is 0.308 e. The summed E-state index contributed by atoms with van der Waals surface area (Å²) in [5.74, 6) is -1.58. The second-order valence-corrected chi connectivity index (χ2v) is 5.33. The van der Waals surface area contributed by atoms with Crippen LogP contribution in [0.3, 0.4) is 0 Å². The number of amides is 1. The summed E-state index contributed by atoms with van der Waals surface area (Å²) in [5, 5.41) is 13.4. The van der Waals surface area contributed by atoms with Gasteiger partial charge in [-0.1, -0.05) is 12.1 Å². The molecule has 0 spiro atoms. The second-order valence-electron chi connectivity index (χ2n) is 5.33. The molecule has 1 aromatic heterocycles. The number of aryl methyl sites for hydroxylation is 1. The molecule has 0 bridgehead atoms. The van der Waals surface area contributed by atoms with Crippen LogP contribution < -0.4 is 5.32 Å². The number of nitro benzene ring substituents is 1. The molecule has 9 nitrogen and oxygen atoms in total. The largest absolute Gasteiger partial charge is 0.459 e. The van der Waals surface area contributed by atoms with E-state index in [1.807, 2.05) is 0 Å². The Morgan fingerprint density at radius 1 is 1.27 bits per heavy atom. The average Bonchev–Trinajstić information content (AvgIpc) is 3.14. The highest BCUT2D eigenvalue weighted by Crippen LogP contribution is 2.19. The number of nitro groups is 1. The van der Waals surface area contributed by atoms with Crippen LogP contribution in [0.25, 0.3) is 0 Å². The van der Waals surface area contributed by atoms with Gasteiger partial charge in [-0.2, -0.15) is 0 Å². The van der Waals surface area contributed by atoms with Crippen LogP contribution in [0.4, 0.5) is 5.69 Å². The minimum absolute atomic E-state index is 0.0164. The second kappa shape index (κ2) is 8.56. The summed E-state index contributed by atoms with van der Waals surface area (Å²) in [6.45, 7) is 1.04. The van der Waals surface area contributed by atoms with E-state index in [4.69, 9.17) is 9.15 Å². The van der Waals surface area contributed by atoms with Gasteiger partial charge in [0.05, 0.1) is 17.6 Å². The van der Waals surface area contributed by atoms with Gasteiger partial charge in [0.2, 0.25) is 5.78 Å². The number of Topliss-reactive ketones (excluding diaryl/α,β-unsaturated/α-hetero) is 1. The molecule has 2 aromatic rings. The number of nitrogens with one attached hydrogen (secondary N) is 1. The zero-order valence-electron chi connectivity index (χ0n) is 13.9. The molecule has 136 valence electrons. The zero-order chi connectivity index (χ0) is 19.1. The highest BCUT2D eigenvalue weighted by Gasteiger charge is 2.16. The topological polar surface area (TPSA) is 129 Å². The number of carbonyl (C=O) groups is 3. The van der Waals surface area contributed by atoms with E-state index in [-0.39, 0.29) is 30.0 Å². The lowest BCUT2D eigenvalue weighted by atomic mass is 10.1. The van der Waals surface area contributed by atoms with Crippen molar-refractivity contribution >= 4 is 23.3 Å². The third-order valence-electron chi connectivity index (χ3n) is 3.45. The van der Waals surface area contributed by atoms with E-state index in [2.05, 4.69) is 5.32 Å². The Balaban J connectivity index is 1.78. The number of furan rings is 1. The minimum atomic E-state index is -0.681. The normalized spacial score (nSPS) is 10.2. The highest BCUT2D eigenvalue weighted by molar-refractivity contribution is 5.98. The van der Waals surface area contributed by atoms with Gasteiger partial charge in [-0.05, 0) is 19.1 Å². The monoisotopic (exact) mass is 360 g/mol. The van der Waals surface area contributed by atoms with Crippen molar-refractivity contribution in [2.45, 2.75) is 13.3 Å². The van der Waals surface area contributed by atoms with Gasteiger partial charge in [0, 0.05) is 23.7 Å². The summed E-state index contributed by atoms with van der Waals surface area (Å²) in [5.41, 5.74) is 0.333. The molecule has 0 radical (unpaired) electrons. The molecule has 0 aliphatic rings. The summed E-state index contributed by atoms with van der Waals surface area (Å²) in [6, 6.07) is 7.08. The number of benzene rings is 1. The van der Waals surface area contributed by atoms with Crippen molar-refractivity contribution in [2.24, 2.45) is 0 Å². The molecular weight excluding hydrogens is 344 g/mol. The lowest BCUT2D eigenvalue weighted by molar-refractivity contribution is -0.385. The molecule has 0 fully saturated rings. The minimum Gasteiger partial charge on any atom is -0.459 e. The van der Waals surface area contributed by atoms with Crippen LogP contribution in [-0.2, 0) is 9.53 Å². The standard InChI is InChI=1S/C17H16N2O7/c1-11-4-5-12(9-13(11)19(23)24)14(20)10-26-16(21)6-7-18-17(22)15-3-2-8-25-15/h2-5,8-9H,6-7,10H2,1H3,(H,18,22). The van der Waals surface area contributed by atoms with Crippen LogP contribution in [0.1, 0.15) is 32.9 Å². The van der Waals surface area contributed by atoms with E-state index >= 15 is 0 Å². The maximum absolute atomic E-state index is 12.0. The third kappa shape index (κ3) is 5.00. The average molecular weight is 360 g/mol. The molecule has 1 aromatic carbocycles. The molecule has 1 amide bonds. The molecule has 1 N–H and O–H groups in total. The van der Waals surface area contributed by atoms with Crippen molar-refractivity contribution in [3.63, 3.8) is 0 Å². The summed E-state index contributed by atoms with van der Waals surface area (Å²) < 4.78 is 9.72. The smallest absolute Gasteiger partial charge is 0.308 e. The molecule has 0 saturated carbocycles. The zero-order valence-corrected chi connectivity index (χ0v) is 13.9. The number of hydrogen-bond donors (Lipinski definition) is 1. The van der Waals surface area contributed by atoms with E-state index < -0.39 is 29.2 Å². The van der Waals surface area contributed by atoms with Crippen LogP contribution in [0.2, 0.25) is 0 Å². The molecule has 9 heteroatoms. The first kappa shape index (κ1) is 18.8. The van der Waals surface area contributed by atoms with Gasteiger partial charge in [0.1, 0.15) is 0 Å². The van der Waals surface area contributed by atoms with E-state index in [9.17, 15) is 24.5 Å². The third-order valence-corrected chi connectivity index (χ3v) is 3.45. The van der Waals surface area contributed by atoms with E-state index in [0.29, 0.717) is 5.56 Å². The fraction of sp³-hybridized carbons (Fsp3) is 0.235. The van der Waals surface area contributed by atoms with Crippen LogP contribution in [0, 0.1) is 17.0 Å². The summed E-state index contributed by atoms with van der Waals surface area (Å²) >= 11 is 0. The van der Waals surface area contributed by atoms with Gasteiger partial charge >= 0.3 is 5.97 Å². The van der Waals surface area contributed by atoms with Crippen molar-refractivity contribution in [3.8, 4) is 0 Å². The Morgan fingerprint density at radius 2 is 2.04 bits per heavy atom. The number of ether oxygens (including phenoxy) is 1. The van der Waals surface area contributed by atoms with Gasteiger partial charge in [-0.3, -0.25) is 24.5 Å². The molecule has 0 aliphatic heterocycles. The van der Waals surface area contributed by atoms with Crippen LogP contribution >= 0.6 is 0 Å². The van der Waals surface area contributed by atoms with E-state index in [1.54, 1.807) is 13.0 Å². The summed E-state index contributed by atoms with van der Waals surface area (Å²) in [6.07, 6.45) is 1.22. The van der Waals surface area contributed by atoms with Gasteiger partial charge in [0.15, 0.2) is 12.4 Å². The number of ketones is 1. The lowest BCUT2D eigenvalue weighted by Crippen LogP contribution is -2.26. The van der Waals surface area contributed by atoms with E-state index in [0.717, 1.165) is 6.07 Å². The first-order chi connectivity index (χ1) is 12.4. The SMILES string of the molecule is Cc1ccc(C(=O)COC(=O)CCNC(=O)c2ccco2)cc1[N+](=O)[O-]. The summed E-state index contributed by atoms with van der Waals surface area (Å²) in [4.78, 5) is 45.5. The fourth-order valence-corrected chi connectivity index (χ4v) is 2.05. The predicted octanol–water partition coefficient (Wildman–Crippen LogP) is 2.04. The van der Waals surface area contributed by atoms with Crippen LogP contribution in [-0.4, -0.2) is 35.7 Å². The van der Waals surface area contributed by atoms with Gasteiger partial charge in [0.25, 0.3) is 11.6 Å². The first-order valence-corrected chi connectivity index (χ1v) is 7.64. The quantitative estimate of drug-likeness (QED) is 0.330. The number of carbonyl (C=O) groups excluding carboxylic acids is 3. The molecule has 26 heavy (non-hydrogen) atoms. The van der Waals surface area contributed by atoms with Crippen molar-refractivity contribution in [1.82, 2.24) is 5.32 Å². The Bertz CT molecular complexity index is 828. The van der Waals surface area contributed by atoms with Crippen molar-refractivity contribution in [2.75, 3.05) is 13.2 Å². The number of nitrogens with zero attached hydrogens (tertiary/aromatic N) is 1. The molecule has 0 unspecified atom stereocenters. The molecule has 0 aliphatic carbocycles. The van der Waals surface area contributed by atoms with Crippen molar-refractivity contribution < 1.29 is 28.5 Å². The van der Waals surface area contributed by atoms with Crippen molar-refractivity contribution in [3.05, 3.63) is 63.6 Å².